The third kappa shape index (κ3) is 28.6. The Morgan fingerprint density at radius 1 is 0.563 bits per heavy atom. The van der Waals surface area contributed by atoms with Crippen LogP contribution in [0.2, 0.25) is 0 Å². The standard InChI is InChI=1S/C17H20BrN5O2.C16H18BrFN4O.C12H12BrFN2O.2C11H9BrFN.C9H9BrN2O.C8H12ClN3O/c1-10(2)21-22-11(3)19-17(24)14-9-23-6-7-25-15-8-12(18)4-5-13(15)16(23)20-14;1-9(2)21-22-10(3)19-16(23)15-7-6-14(20-15)12-5-4-11(17)8-13(12)18;1-8-7-16(4-5-17)12(15-8)10-3-2-9(13)6-11(10)14;2*1-7-2-5-11(14-7)9-4-3-8(12)6-10(9)13;10-6-1-2-7-8(5-6)13-4-3-12-9(7)11;1-5(2)12-8(7(13)4-9)10-6(3)11-12/h4-5,8-10,21H,6-7H2,1-3H3,(H,19,22,24);4-5,7-9,21H,6H2,1-3H3,(H,19,22,23);2-3,6-7,17H,4-5H2,1H3;2*2-4,6H,5H2,1H3;1-2,5H,3-4H2,(H2,11,12);5H,4H2,1-3H3. The fourth-order valence-corrected chi connectivity index (χ4v) is 13.4. The molecule has 2 amide bonds. The predicted octanol–water partition coefficient (Wildman–Crippen LogP) is 19.1. The number of carbonyl (C=O) groups is 3. The van der Waals surface area contributed by atoms with Gasteiger partial charge in [0.15, 0.2) is 5.82 Å². The Kier molecular flexibility index (Phi) is 36.6. The Bertz CT molecular complexity index is 5380. The molecule has 5 aliphatic heterocycles. The number of aliphatic hydroxyl groups is 1. The Morgan fingerprint density at radius 3 is 1.47 bits per heavy atom. The van der Waals surface area contributed by atoms with Gasteiger partial charge in [0.05, 0.1) is 65.1 Å². The average Bonchev–Trinajstić information content (AvgIpc) is 1.64. The predicted molar refractivity (Wildman–Crippen MR) is 483 cm³/mol. The minimum absolute atomic E-state index is 0.000940. The van der Waals surface area contributed by atoms with Gasteiger partial charge in [-0.15, -0.1) is 11.6 Å². The van der Waals surface area contributed by atoms with Crippen molar-refractivity contribution in [2.75, 3.05) is 32.2 Å². The van der Waals surface area contributed by atoms with Gasteiger partial charge in [-0.1, -0.05) is 108 Å². The van der Waals surface area contributed by atoms with Crippen molar-refractivity contribution in [2.24, 2.45) is 35.9 Å². The zero-order valence-corrected chi connectivity index (χ0v) is 77.4. The van der Waals surface area contributed by atoms with Crippen molar-refractivity contribution in [1.29, 1.82) is 0 Å². The van der Waals surface area contributed by atoms with Crippen molar-refractivity contribution in [1.82, 2.24) is 55.4 Å². The third-order valence-electron chi connectivity index (χ3n) is 16.7. The number of carbonyl (C=O) groups excluding carboxylic acids is 3. The van der Waals surface area contributed by atoms with E-state index in [2.05, 4.69) is 167 Å². The number of ketones is 1. The van der Waals surface area contributed by atoms with Crippen molar-refractivity contribution >= 4 is 159 Å². The number of nitrogens with one attached hydrogen (secondary N) is 4. The van der Waals surface area contributed by atoms with Gasteiger partial charge in [-0.3, -0.25) is 29.4 Å². The first-order valence-corrected chi connectivity index (χ1v) is 42.6. The number of hydrazone groups is 2. The number of rotatable bonds is 15. The molecule has 0 unspecified atom stereocenters. The topological polar surface area (TPSA) is 305 Å². The zero-order chi connectivity index (χ0) is 86.9. The van der Waals surface area contributed by atoms with Gasteiger partial charge in [0.2, 0.25) is 5.78 Å². The molecule has 7 N–H and O–H groups in total. The van der Waals surface area contributed by atoms with Gasteiger partial charge < -0.3 is 50.9 Å². The number of aliphatic hydroxyl groups excluding tert-OH is 1. The number of Topliss-reactive ketones (excluding diaryl/α,β-unsaturated/α-hetero) is 1. The van der Waals surface area contributed by atoms with Crippen LogP contribution in [0, 0.1) is 37.1 Å². The number of amidine groups is 3. The van der Waals surface area contributed by atoms with Crippen LogP contribution < -0.4 is 36.7 Å². The number of halogens is 11. The van der Waals surface area contributed by atoms with E-state index in [0.717, 1.165) is 87.7 Å². The number of aliphatic imine (C=N–C) groups is 4. The maximum absolute atomic E-state index is 14.0. The number of nitrogens with two attached hydrogens (primary N) is 1. The van der Waals surface area contributed by atoms with Crippen LogP contribution in [-0.4, -0.2) is 136 Å². The molecular formula is C84H89Br6ClF4N18O6. The molecule has 0 spiro atoms. The van der Waals surface area contributed by atoms with Crippen LogP contribution in [-0.2, 0) is 17.9 Å². The summed E-state index contributed by atoms with van der Waals surface area (Å²) in [5.74, 6) is 3.25. The number of amides is 2. The highest BCUT2D eigenvalue weighted by atomic mass is 79.9. The Hall–Kier alpha value is -9.42. The zero-order valence-electron chi connectivity index (χ0n) is 67.1. The second-order valence-electron chi connectivity index (χ2n) is 27.5. The van der Waals surface area contributed by atoms with Crippen molar-refractivity contribution in [3.8, 4) is 34.3 Å². The van der Waals surface area contributed by atoms with Crippen molar-refractivity contribution in [2.45, 2.75) is 134 Å². The van der Waals surface area contributed by atoms with Gasteiger partial charge >= 0.3 is 0 Å². The normalized spacial score (nSPS) is 13.7. The maximum Gasteiger partial charge on any atom is 0.276 e. The molecule has 14 rings (SSSR count). The fraction of sp³-hybridized carbons (Fsp3) is 0.298. The van der Waals surface area contributed by atoms with Crippen LogP contribution in [0.15, 0.2) is 214 Å². The van der Waals surface area contributed by atoms with Gasteiger partial charge in [-0.05, 0) is 198 Å². The summed E-state index contributed by atoms with van der Waals surface area (Å²) >= 11 is 25.1. The van der Waals surface area contributed by atoms with Crippen LogP contribution in [0.5, 0.6) is 11.5 Å². The summed E-state index contributed by atoms with van der Waals surface area (Å²) in [6.07, 6.45) is 11.1. The molecule has 0 radical (unpaired) electrons. The molecule has 0 atom stereocenters. The second-order valence-corrected chi connectivity index (χ2v) is 33.3. The molecule has 8 heterocycles. The Balaban J connectivity index is 0.000000176. The van der Waals surface area contributed by atoms with E-state index in [1.165, 1.54) is 24.3 Å². The summed E-state index contributed by atoms with van der Waals surface area (Å²) in [5.41, 5.74) is 20.8. The van der Waals surface area contributed by atoms with Crippen molar-refractivity contribution in [3.05, 3.63) is 252 Å². The number of hydrogen-bond acceptors (Lipinski definition) is 19. The molecule has 0 saturated carbocycles. The molecule has 119 heavy (non-hydrogen) atoms. The number of aromatic nitrogens is 7. The number of aryl methyl sites for hydroxylation is 2. The lowest BCUT2D eigenvalue weighted by Gasteiger charge is -2.07. The molecule has 5 aliphatic rings. The van der Waals surface area contributed by atoms with Crippen LogP contribution in [0.1, 0.15) is 149 Å². The first kappa shape index (κ1) is 95.1. The van der Waals surface area contributed by atoms with E-state index in [1.807, 2.05) is 128 Å². The quantitative estimate of drug-likeness (QED) is 0.0139. The number of allylic oxidation sites excluding steroid dienone is 5. The van der Waals surface area contributed by atoms with Gasteiger partial charge in [-0.25, -0.2) is 42.2 Å². The van der Waals surface area contributed by atoms with E-state index >= 15 is 0 Å². The molecule has 35 heteroatoms. The van der Waals surface area contributed by atoms with Crippen molar-refractivity contribution < 1.29 is 46.5 Å². The first-order valence-electron chi connectivity index (χ1n) is 37.3. The number of alkyl halides is 1. The second kappa shape index (κ2) is 45.8. The minimum atomic E-state index is -0.368. The van der Waals surface area contributed by atoms with Crippen LogP contribution >= 0.6 is 107 Å². The highest BCUT2D eigenvalue weighted by Gasteiger charge is 2.25. The van der Waals surface area contributed by atoms with E-state index < -0.39 is 0 Å². The van der Waals surface area contributed by atoms with E-state index in [1.54, 1.807) is 84.9 Å². The largest absolute Gasteiger partial charge is 0.491 e. The fourth-order valence-electron chi connectivity index (χ4n) is 11.3. The van der Waals surface area contributed by atoms with Crippen LogP contribution in [0.25, 0.3) is 22.8 Å². The summed E-state index contributed by atoms with van der Waals surface area (Å²) < 4.78 is 76.1. The molecule has 6 aromatic carbocycles. The van der Waals surface area contributed by atoms with Gasteiger partial charge in [0.1, 0.15) is 94.4 Å². The third-order valence-corrected chi connectivity index (χ3v) is 19.9. The number of ether oxygens (including phenoxy) is 2. The van der Waals surface area contributed by atoms with E-state index in [-0.39, 0.29) is 77.2 Å². The molecule has 0 bridgehead atoms. The van der Waals surface area contributed by atoms with E-state index in [9.17, 15) is 31.9 Å². The van der Waals surface area contributed by atoms with Crippen molar-refractivity contribution in [3.63, 3.8) is 0 Å². The lowest BCUT2D eigenvalue weighted by atomic mass is 10.1. The van der Waals surface area contributed by atoms with E-state index in [0.29, 0.717) is 117 Å². The Labute approximate surface area is 743 Å². The smallest absolute Gasteiger partial charge is 0.276 e. The van der Waals surface area contributed by atoms with Gasteiger partial charge in [0, 0.05) is 111 Å². The molecule has 0 aliphatic carbocycles. The highest BCUT2D eigenvalue weighted by molar-refractivity contribution is 9.11. The summed E-state index contributed by atoms with van der Waals surface area (Å²) in [5, 5.41) is 26.6. The van der Waals surface area contributed by atoms with Gasteiger partial charge in [0.25, 0.3) is 11.8 Å². The summed E-state index contributed by atoms with van der Waals surface area (Å²) in [4.78, 5) is 65.6. The molecule has 0 fully saturated rings. The summed E-state index contributed by atoms with van der Waals surface area (Å²) in [6.45, 7) is 25.3. The molecule has 0 saturated heterocycles. The maximum atomic E-state index is 14.0. The summed E-state index contributed by atoms with van der Waals surface area (Å²) in [6, 6.07) is 31.7. The molecular weight excluding hydrogens is 1950 g/mol. The van der Waals surface area contributed by atoms with E-state index in [4.69, 9.17) is 31.9 Å². The minimum Gasteiger partial charge on any atom is -0.491 e. The number of imidazole rings is 2. The molecule has 628 valence electrons. The number of nitrogens with zero attached hydrogens (tertiary/aromatic N) is 13. The number of fused-ring (bicyclic) bond motifs is 4. The monoisotopic (exact) mass is 2030 g/mol. The van der Waals surface area contributed by atoms with Gasteiger partial charge in [-0.2, -0.15) is 15.3 Å². The number of hydrogen-bond donors (Lipinski definition) is 6. The lowest BCUT2D eigenvalue weighted by molar-refractivity contribution is -0.116. The first-order chi connectivity index (χ1) is 56.6. The summed E-state index contributed by atoms with van der Waals surface area (Å²) in [7, 11) is 0. The number of benzene rings is 6. The molecule has 3 aromatic heterocycles. The lowest BCUT2D eigenvalue weighted by Crippen LogP contribution is -2.31. The average molecular weight is 2040 g/mol. The molecule has 9 aromatic rings. The Morgan fingerprint density at radius 2 is 1.01 bits per heavy atom. The van der Waals surface area contributed by atoms with Crippen LogP contribution in [0.3, 0.4) is 0 Å². The molecule has 24 nitrogen and oxygen atoms in total. The van der Waals surface area contributed by atoms with Crippen LogP contribution in [0.4, 0.5) is 17.6 Å². The SMILES string of the molecule is CC(=NNC(C)C)NC(=O)C1=CCC(c2ccc(Br)cc2F)=N1.CC(=NNC(C)C)NC(=O)c1cn2c(n1)-c1ccc(Br)cc1OCC2.CC1=CCC(c2ccc(Br)cc2F)=N1.CC1=CCC(c2ccc(Br)cc2F)=N1.Cc1cn(CCO)c(-c2ccc(Br)cc2F)n1.Cc1nc(C(=O)CCl)n(C(C)C)n1.NC1=NCCOc2cc(Br)ccc21. The highest BCUT2D eigenvalue weighted by Crippen LogP contribution is 2.35.